The Morgan fingerprint density at radius 3 is 3.08 bits per heavy atom. The smallest absolute Gasteiger partial charge is 0.230 e. The van der Waals surface area contributed by atoms with Crippen LogP contribution < -0.4 is 10.6 Å². The number of fused-ring (bicyclic) bond motifs is 2. The predicted octanol–water partition coefficient (Wildman–Crippen LogP) is 2.83. The van der Waals surface area contributed by atoms with Gasteiger partial charge >= 0.3 is 0 Å². The van der Waals surface area contributed by atoms with Gasteiger partial charge in [-0.25, -0.2) is 13.8 Å². The highest BCUT2D eigenvalue weighted by molar-refractivity contribution is 7.22. The van der Waals surface area contributed by atoms with Crippen molar-refractivity contribution in [2.45, 2.75) is 25.3 Å². The highest BCUT2D eigenvalue weighted by Crippen LogP contribution is 2.36. The number of hydrogen-bond donors (Lipinski definition) is 2. The molecule has 2 aromatic rings. The van der Waals surface area contributed by atoms with Gasteiger partial charge in [0.05, 0.1) is 10.6 Å². The number of thiazole rings is 1. The molecule has 0 aliphatic carbocycles. The Labute approximate surface area is 154 Å². The second-order valence-corrected chi connectivity index (χ2v) is 8.24. The first kappa shape index (κ1) is 17.8. The highest BCUT2D eigenvalue weighted by Gasteiger charge is 2.42. The predicted molar refractivity (Wildman–Crippen MR) is 98.3 cm³/mol. The first-order valence-electron chi connectivity index (χ1n) is 9.00. The Kier molecular flexibility index (Phi) is 4.90. The summed E-state index contributed by atoms with van der Waals surface area (Å²) >= 11 is 1.11. The van der Waals surface area contributed by atoms with Crippen LogP contribution in [0.25, 0.3) is 10.2 Å². The molecule has 3 heterocycles. The van der Waals surface area contributed by atoms with Gasteiger partial charge in [-0.05, 0) is 51.4 Å². The third kappa shape index (κ3) is 3.33. The zero-order valence-electron chi connectivity index (χ0n) is 14.6. The fraction of sp³-hybridized carbons (Fsp3) is 0.556. The molecule has 1 aromatic carbocycles. The normalized spacial score (nSPS) is 26.2. The van der Waals surface area contributed by atoms with E-state index in [2.05, 4.69) is 20.5 Å². The summed E-state index contributed by atoms with van der Waals surface area (Å²) in [5.41, 5.74) is 0.104. The van der Waals surface area contributed by atoms with Crippen LogP contribution in [0.15, 0.2) is 12.1 Å². The number of piperidine rings is 1. The van der Waals surface area contributed by atoms with Crippen LogP contribution in [0, 0.1) is 23.5 Å². The molecule has 2 aliphatic heterocycles. The molecule has 140 valence electrons. The summed E-state index contributed by atoms with van der Waals surface area (Å²) in [7, 11) is 1.95. The van der Waals surface area contributed by atoms with Crippen molar-refractivity contribution in [3.63, 3.8) is 0 Å². The molecule has 2 aliphatic rings. The number of nitrogens with zero attached hydrogens (tertiary/aromatic N) is 2. The van der Waals surface area contributed by atoms with Crippen LogP contribution in [-0.2, 0) is 4.79 Å². The molecule has 3 atom stereocenters. The third-order valence-corrected chi connectivity index (χ3v) is 6.35. The van der Waals surface area contributed by atoms with Crippen molar-refractivity contribution in [3.05, 3.63) is 23.8 Å². The van der Waals surface area contributed by atoms with Crippen molar-refractivity contribution in [2.75, 3.05) is 32.0 Å². The first-order valence-corrected chi connectivity index (χ1v) is 9.82. The van der Waals surface area contributed by atoms with E-state index >= 15 is 0 Å². The van der Waals surface area contributed by atoms with Crippen LogP contribution in [0.4, 0.5) is 13.9 Å². The molecule has 0 radical (unpaired) electrons. The maximum absolute atomic E-state index is 13.8. The third-order valence-electron chi connectivity index (χ3n) is 5.43. The topological polar surface area (TPSA) is 57.3 Å². The number of aromatic nitrogens is 1. The molecule has 0 spiro atoms. The van der Waals surface area contributed by atoms with E-state index < -0.39 is 11.6 Å². The molecule has 0 bridgehead atoms. The number of benzene rings is 1. The Balaban J connectivity index is 1.50. The van der Waals surface area contributed by atoms with Gasteiger partial charge in [0.25, 0.3) is 0 Å². The van der Waals surface area contributed by atoms with Crippen molar-refractivity contribution < 1.29 is 13.6 Å². The van der Waals surface area contributed by atoms with Gasteiger partial charge in [-0.2, -0.15) is 0 Å². The van der Waals surface area contributed by atoms with Crippen LogP contribution in [0.5, 0.6) is 0 Å². The van der Waals surface area contributed by atoms with E-state index in [1.807, 2.05) is 7.05 Å². The SMILES string of the molecule is CNCC1CC2C(C(=O)Nc3nc4c(F)cc(F)cc4s3)CCCN2C1. The molecule has 3 unspecified atom stereocenters. The molecule has 26 heavy (non-hydrogen) atoms. The molecule has 5 nitrogen and oxygen atoms in total. The number of rotatable bonds is 4. The second-order valence-electron chi connectivity index (χ2n) is 7.21. The van der Waals surface area contributed by atoms with Crippen molar-refractivity contribution in [2.24, 2.45) is 11.8 Å². The van der Waals surface area contributed by atoms with Gasteiger partial charge in [-0.15, -0.1) is 0 Å². The molecule has 0 saturated carbocycles. The minimum Gasteiger partial charge on any atom is -0.319 e. The lowest BCUT2D eigenvalue weighted by atomic mass is 9.87. The molecule has 8 heteroatoms. The Morgan fingerprint density at radius 1 is 1.42 bits per heavy atom. The van der Waals surface area contributed by atoms with Gasteiger partial charge in [-0.3, -0.25) is 9.69 Å². The van der Waals surface area contributed by atoms with Gasteiger partial charge < -0.3 is 10.6 Å². The maximum Gasteiger partial charge on any atom is 0.230 e. The van der Waals surface area contributed by atoms with Gasteiger partial charge in [0.15, 0.2) is 10.9 Å². The van der Waals surface area contributed by atoms with Crippen LogP contribution in [0.1, 0.15) is 19.3 Å². The lowest BCUT2D eigenvalue weighted by Gasteiger charge is -2.35. The monoisotopic (exact) mass is 380 g/mol. The second kappa shape index (κ2) is 7.17. The van der Waals surface area contributed by atoms with E-state index in [1.54, 1.807) is 0 Å². The van der Waals surface area contributed by atoms with Gasteiger partial charge in [0.2, 0.25) is 5.91 Å². The van der Waals surface area contributed by atoms with Gasteiger partial charge in [-0.1, -0.05) is 11.3 Å². The van der Waals surface area contributed by atoms with Crippen molar-refractivity contribution in [1.29, 1.82) is 0 Å². The van der Waals surface area contributed by atoms with Crippen molar-refractivity contribution in [1.82, 2.24) is 15.2 Å². The summed E-state index contributed by atoms with van der Waals surface area (Å²) in [6.07, 6.45) is 2.87. The van der Waals surface area contributed by atoms with Crippen LogP contribution in [0.3, 0.4) is 0 Å². The van der Waals surface area contributed by atoms with E-state index in [-0.39, 0.29) is 23.4 Å². The van der Waals surface area contributed by atoms with Crippen LogP contribution in [0.2, 0.25) is 0 Å². The van der Waals surface area contributed by atoms with Gasteiger partial charge in [0.1, 0.15) is 11.3 Å². The summed E-state index contributed by atoms with van der Waals surface area (Å²) in [5, 5.41) is 6.40. The molecule has 2 fully saturated rings. The summed E-state index contributed by atoms with van der Waals surface area (Å²) in [4.78, 5) is 19.4. The summed E-state index contributed by atoms with van der Waals surface area (Å²) in [5.74, 6) is -0.922. The van der Waals surface area contributed by atoms with E-state index in [1.165, 1.54) is 6.07 Å². The zero-order valence-corrected chi connectivity index (χ0v) is 15.4. The molecule has 1 aromatic heterocycles. The number of halogens is 2. The first-order chi connectivity index (χ1) is 12.5. The minimum atomic E-state index is -0.703. The van der Waals surface area contributed by atoms with Crippen molar-refractivity contribution >= 4 is 32.6 Å². The molecule has 4 rings (SSSR count). The Hall–Kier alpha value is -1.64. The molecule has 2 N–H and O–H groups in total. The number of anilines is 1. The average Bonchev–Trinajstić information content (AvgIpc) is 3.17. The molecule has 2 saturated heterocycles. The van der Waals surface area contributed by atoms with Gasteiger partial charge in [0, 0.05) is 18.7 Å². The number of hydrogen-bond acceptors (Lipinski definition) is 5. The lowest BCUT2D eigenvalue weighted by Crippen LogP contribution is -2.45. The summed E-state index contributed by atoms with van der Waals surface area (Å²) in [6, 6.07) is 2.31. The van der Waals surface area contributed by atoms with E-state index in [9.17, 15) is 13.6 Å². The number of nitrogens with one attached hydrogen (secondary N) is 2. The Morgan fingerprint density at radius 2 is 2.27 bits per heavy atom. The van der Waals surface area contributed by atoms with E-state index in [0.717, 1.165) is 56.3 Å². The minimum absolute atomic E-state index is 0.0651. The molecular formula is C18H22F2N4OS. The van der Waals surface area contributed by atoms with Crippen LogP contribution in [-0.4, -0.2) is 48.5 Å². The largest absolute Gasteiger partial charge is 0.319 e. The Bertz CT molecular complexity index is 827. The van der Waals surface area contributed by atoms with Crippen molar-refractivity contribution in [3.8, 4) is 0 Å². The van der Waals surface area contributed by atoms with E-state index in [4.69, 9.17) is 0 Å². The fourth-order valence-electron chi connectivity index (χ4n) is 4.37. The fourth-order valence-corrected chi connectivity index (χ4v) is 5.27. The standard InChI is InChI=1S/C18H22F2N4OS/c1-21-8-10-5-14-12(3-2-4-24(14)9-10)17(25)23-18-22-16-13(20)6-11(19)7-15(16)26-18/h6-7,10,12,14,21H,2-5,8-9H2,1H3,(H,22,23,25). The average molecular weight is 380 g/mol. The maximum atomic E-state index is 13.8. The van der Waals surface area contributed by atoms with Crippen LogP contribution >= 0.6 is 11.3 Å². The number of carbonyl (C=O) groups excluding carboxylic acids is 1. The zero-order chi connectivity index (χ0) is 18.3. The highest BCUT2D eigenvalue weighted by atomic mass is 32.1. The van der Waals surface area contributed by atoms with E-state index in [0.29, 0.717) is 15.7 Å². The summed E-state index contributed by atoms with van der Waals surface area (Å²) in [6.45, 7) is 3.03. The molecule has 1 amide bonds. The molecular weight excluding hydrogens is 358 g/mol. The quantitative estimate of drug-likeness (QED) is 0.857. The number of carbonyl (C=O) groups is 1. The summed E-state index contributed by atoms with van der Waals surface area (Å²) < 4.78 is 27.6. The number of amides is 1. The lowest BCUT2D eigenvalue weighted by molar-refractivity contribution is -0.123.